The van der Waals surface area contributed by atoms with Crippen LogP contribution in [-0.2, 0) is 6.54 Å². The van der Waals surface area contributed by atoms with Crippen molar-refractivity contribution in [1.82, 2.24) is 14.5 Å². The molecule has 1 heterocycles. The van der Waals surface area contributed by atoms with Crippen molar-refractivity contribution in [3.8, 4) is 0 Å². The van der Waals surface area contributed by atoms with Crippen molar-refractivity contribution in [2.45, 2.75) is 46.3 Å². The highest BCUT2D eigenvalue weighted by atomic mass is 16.1. The molecule has 0 aliphatic carbocycles. The van der Waals surface area contributed by atoms with Gasteiger partial charge in [0.2, 0.25) is 0 Å². The quantitative estimate of drug-likeness (QED) is 0.795. The van der Waals surface area contributed by atoms with E-state index in [1.807, 2.05) is 26.2 Å². The Balaban J connectivity index is 2.75. The van der Waals surface area contributed by atoms with Crippen molar-refractivity contribution in [1.29, 1.82) is 0 Å². The highest BCUT2D eigenvalue weighted by Gasteiger charge is 2.08. The van der Waals surface area contributed by atoms with Crippen LogP contribution in [0.1, 0.15) is 33.7 Å². The lowest BCUT2D eigenvalue weighted by Crippen LogP contribution is -2.35. The molecule has 0 fully saturated rings. The fraction of sp³-hybridized carbons (Fsp3) is 0.727. The number of rotatable bonds is 5. The summed E-state index contributed by atoms with van der Waals surface area (Å²) in [7, 11) is 0. The summed E-state index contributed by atoms with van der Waals surface area (Å²) in [6.45, 7) is 9.84. The summed E-state index contributed by atoms with van der Waals surface area (Å²) in [5, 5.41) is 3.29. The van der Waals surface area contributed by atoms with Gasteiger partial charge in [-0.1, -0.05) is 6.92 Å². The first-order valence-corrected chi connectivity index (χ1v) is 5.57. The molecule has 1 aromatic rings. The van der Waals surface area contributed by atoms with Gasteiger partial charge < -0.3 is 5.32 Å². The van der Waals surface area contributed by atoms with Crippen LogP contribution in [0.4, 0.5) is 0 Å². The molecule has 0 aliphatic heterocycles. The standard InChI is InChI=1S/C11H21N3O/c1-5-12-10(4)8-13-6-7-14(9(2)3)11(13)15/h6-7,9-10,12H,5,8H2,1-4H3. The molecule has 0 saturated carbocycles. The minimum atomic E-state index is 0.0785. The van der Waals surface area contributed by atoms with Crippen LogP contribution in [0.3, 0.4) is 0 Å². The number of hydrogen-bond acceptors (Lipinski definition) is 2. The molecule has 1 N–H and O–H groups in total. The number of imidazole rings is 1. The summed E-state index contributed by atoms with van der Waals surface area (Å²) < 4.78 is 3.51. The van der Waals surface area contributed by atoms with Gasteiger partial charge in [0.15, 0.2) is 0 Å². The summed E-state index contributed by atoms with van der Waals surface area (Å²) in [4.78, 5) is 11.8. The number of hydrogen-bond donors (Lipinski definition) is 1. The second kappa shape index (κ2) is 5.16. The maximum atomic E-state index is 11.8. The van der Waals surface area contributed by atoms with Gasteiger partial charge in [0.1, 0.15) is 0 Å². The predicted octanol–water partition coefficient (Wildman–Crippen LogP) is 1.23. The molecule has 0 amide bonds. The molecule has 1 atom stereocenters. The SMILES string of the molecule is CCNC(C)Cn1ccn(C(C)C)c1=O. The zero-order valence-corrected chi connectivity index (χ0v) is 10.0. The number of likely N-dealkylation sites (N-methyl/N-ethyl adjacent to an activating group) is 1. The Morgan fingerprint density at radius 3 is 2.47 bits per heavy atom. The molecule has 1 unspecified atom stereocenters. The van der Waals surface area contributed by atoms with Gasteiger partial charge in [-0.2, -0.15) is 0 Å². The lowest BCUT2D eigenvalue weighted by molar-refractivity contribution is 0.468. The van der Waals surface area contributed by atoms with Crippen LogP contribution in [0.25, 0.3) is 0 Å². The van der Waals surface area contributed by atoms with Gasteiger partial charge in [0, 0.05) is 31.0 Å². The van der Waals surface area contributed by atoms with Crippen LogP contribution in [0.2, 0.25) is 0 Å². The molecule has 1 rings (SSSR count). The van der Waals surface area contributed by atoms with E-state index in [-0.39, 0.29) is 11.7 Å². The van der Waals surface area contributed by atoms with Crippen molar-refractivity contribution in [2.24, 2.45) is 0 Å². The van der Waals surface area contributed by atoms with Crippen LogP contribution in [0, 0.1) is 0 Å². The van der Waals surface area contributed by atoms with Crippen molar-refractivity contribution in [3.05, 3.63) is 22.9 Å². The second-order valence-electron chi connectivity index (χ2n) is 4.19. The zero-order valence-electron chi connectivity index (χ0n) is 10.0. The average Bonchev–Trinajstić information content (AvgIpc) is 2.48. The molecule has 0 radical (unpaired) electrons. The van der Waals surface area contributed by atoms with E-state index in [0.29, 0.717) is 6.04 Å². The molecule has 86 valence electrons. The molecule has 4 nitrogen and oxygen atoms in total. The van der Waals surface area contributed by atoms with Crippen molar-refractivity contribution < 1.29 is 0 Å². The average molecular weight is 211 g/mol. The first kappa shape index (κ1) is 12.0. The summed E-state index contributed by atoms with van der Waals surface area (Å²) in [5.41, 5.74) is 0.0785. The summed E-state index contributed by atoms with van der Waals surface area (Å²) in [5.74, 6) is 0. The topological polar surface area (TPSA) is 39.0 Å². The highest BCUT2D eigenvalue weighted by Crippen LogP contribution is 1.99. The third-order valence-corrected chi connectivity index (χ3v) is 2.45. The van der Waals surface area contributed by atoms with E-state index in [9.17, 15) is 4.79 Å². The Hall–Kier alpha value is -1.03. The van der Waals surface area contributed by atoms with E-state index in [4.69, 9.17) is 0 Å². The second-order valence-corrected chi connectivity index (χ2v) is 4.19. The Labute approximate surface area is 90.9 Å². The van der Waals surface area contributed by atoms with Crippen LogP contribution in [-0.4, -0.2) is 21.7 Å². The van der Waals surface area contributed by atoms with Crippen LogP contribution < -0.4 is 11.0 Å². The highest BCUT2D eigenvalue weighted by molar-refractivity contribution is 4.84. The Kier molecular flexibility index (Phi) is 4.15. The monoisotopic (exact) mass is 211 g/mol. The van der Waals surface area contributed by atoms with Crippen molar-refractivity contribution in [2.75, 3.05) is 6.54 Å². The van der Waals surface area contributed by atoms with E-state index in [1.54, 1.807) is 9.13 Å². The molecule has 1 aromatic heterocycles. The molecule has 0 bridgehead atoms. The lowest BCUT2D eigenvalue weighted by Gasteiger charge is -2.12. The molecular formula is C11H21N3O. The summed E-state index contributed by atoms with van der Waals surface area (Å²) in [6, 6.07) is 0.559. The van der Waals surface area contributed by atoms with Crippen LogP contribution in [0.15, 0.2) is 17.2 Å². The maximum absolute atomic E-state index is 11.8. The Morgan fingerprint density at radius 1 is 1.33 bits per heavy atom. The molecular weight excluding hydrogens is 190 g/mol. The molecule has 0 saturated heterocycles. The van der Waals surface area contributed by atoms with Crippen LogP contribution >= 0.6 is 0 Å². The van der Waals surface area contributed by atoms with E-state index in [2.05, 4.69) is 19.2 Å². The first-order chi connectivity index (χ1) is 7.06. The fourth-order valence-corrected chi connectivity index (χ4v) is 1.67. The third-order valence-electron chi connectivity index (χ3n) is 2.45. The minimum absolute atomic E-state index is 0.0785. The van der Waals surface area contributed by atoms with Gasteiger partial charge in [-0.25, -0.2) is 4.79 Å². The van der Waals surface area contributed by atoms with Gasteiger partial charge in [0.25, 0.3) is 0 Å². The van der Waals surface area contributed by atoms with Gasteiger partial charge in [-0.05, 0) is 27.3 Å². The lowest BCUT2D eigenvalue weighted by atomic mass is 10.3. The Morgan fingerprint density at radius 2 is 2.00 bits per heavy atom. The Bertz CT molecular complexity index is 351. The zero-order chi connectivity index (χ0) is 11.4. The predicted molar refractivity (Wildman–Crippen MR) is 62.2 cm³/mol. The molecule has 0 aromatic carbocycles. The minimum Gasteiger partial charge on any atom is -0.313 e. The van der Waals surface area contributed by atoms with Crippen molar-refractivity contribution in [3.63, 3.8) is 0 Å². The molecule has 4 heteroatoms. The van der Waals surface area contributed by atoms with Gasteiger partial charge in [-0.3, -0.25) is 9.13 Å². The van der Waals surface area contributed by atoms with E-state index in [1.165, 1.54) is 0 Å². The van der Waals surface area contributed by atoms with E-state index >= 15 is 0 Å². The smallest absolute Gasteiger partial charge is 0.313 e. The van der Waals surface area contributed by atoms with E-state index < -0.39 is 0 Å². The van der Waals surface area contributed by atoms with Gasteiger partial charge in [0.05, 0.1) is 0 Å². The number of nitrogens with zero attached hydrogens (tertiary/aromatic N) is 2. The summed E-state index contributed by atoms with van der Waals surface area (Å²) in [6.07, 6.45) is 3.71. The van der Waals surface area contributed by atoms with Crippen LogP contribution in [0.5, 0.6) is 0 Å². The van der Waals surface area contributed by atoms with Gasteiger partial charge in [-0.15, -0.1) is 0 Å². The van der Waals surface area contributed by atoms with Crippen molar-refractivity contribution >= 4 is 0 Å². The number of aromatic nitrogens is 2. The molecule has 0 aliphatic rings. The summed E-state index contributed by atoms with van der Waals surface area (Å²) >= 11 is 0. The molecule has 15 heavy (non-hydrogen) atoms. The maximum Gasteiger partial charge on any atom is 0.328 e. The number of nitrogens with one attached hydrogen (secondary N) is 1. The van der Waals surface area contributed by atoms with E-state index in [0.717, 1.165) is 13.1 Å². The van der Waals surface area contributed by atoms with Gasteiger partial charge >= 0.3 is 5.69 Å². The third kappa shape index (κ3) is 2.96. The normalized spacial score (nSPS) is 13.4. The first-order valence-electron chi connectivity index (χ1n) is 5.57. The largest absolute Gasteiger partial charge is 0.328 e. The molecule has 0 spiro atoms. The fourth-order valence-electron chi connectivity index (χ4n) is 1.67.